The fourth-order valence-electron chi connectivity index (χ4n) is 3.42. The molecule has 1 aliphatic heterocycles. The van der Waals surface area contributed by atoms with Gasteiger partial charge < -0.3 is 20.1 Å². The highest BCUT2D eigenvalue weighted by molar-refractivity contribution is 7.97. The predicted octanol–water partition coefficient (Wildman–Crippen LogP) is 5.69. The molecule has 4 aromatic rings. The van der Waals surface area contributed by atoms with E-state index in [0.717, 1.165) is 42.2 Å². The zero-order valence-electron chi connectivity index (χ0n) is 18.8. The molecule has 10 heteroatoms. The van der Waals surface area contributed by atoms with Crippen LogP contribution < -0.4 is 15.4 Å². The largest absolute Gasteiger partial charge is 0.437 e. The molecule has 2 aromatic carbocycles. The van der Waals surface area contributed by atoms with E-state index >= 15 is 0 Å². The Morgan fingerprint density at radius 3 is 2.74 bits per heavy atom. The van der Waals surface area contributed by atoms with Gasteiger partial charge in [-0.1, -0.05) is 12.6 Å². The van der Waals surface area contributed by atoms with E-state index in [0.29, 0.717) is 23.3 Å². The van der Waals surface area contributed by atoms with Crippen LogP contribution in [0.15, 0.2) is 77.5 Å². The van der Waals surface area contributed by atoms with Crippen molar-refractivity contribution in [1.82, 2.24) is 14.3 Å². The number of rotatable bonds is 8. The number of thiophene rings is 1. The van der Waals surface area contributed by atoms with E-state index in [1.54, 1.807) is 30.1 Å². The first-order valence-corrected chi connectivity index (χ1v) is 12.7. The highest BCUT2D eigenvalue weighted by Crippen LogP contribution is 2.34. The molecule has 2 aromatic heterocycles. The van der Waals surface area contributed by atoms with Gasteiger partial charge in [-0.2, -0.15) is 4.98 Å². The van der Waals surface area contributed by atoms with Crippen molar-refractivity contribution in [3.05, 3.63) is 72.6 Å². The first-order chi connectivity index (χ1) is 17.2. The van der Waals surface area contributed by atoms with Gasteiger partial charge in [-0.3, -0.25) is 4.79 Å². The summed E-state index contributed by atoms with van der Waals surface area (Å²) < 4.78 is 14.7. The zero-order chi connectivity index (χ0) is 24.0. The number of nitrogens with one attached hydrogen (secondary N) is 2. The van der Waals surface area contributed by atoms with Crippen LogP contribution in [0.25, 0.3) is 10.2 Å². The summed E-state index contributed by atoms with van der Waals surface area (Å²) in [6.07, 6.45) is 1.22. The molecule has 0 unspecified atom stereocenters. The first-order valence-electron chi connectivity index (χ1n) is 11.0. The van der Waals surface area contributed by atoms with E-state index in [2.05, 4.69) is 43.6 Å². The Balaban J connectivity index is 1.32. The Hall–Kier alpha value is -3.44. The van der Waals surface area contributed by atoms with Crippen LogP contribution in [0.4, 0.5) is 17.3 Å². The van der Waals surface area contributed by atoms with Crippen LogP contribution in [-0.2, 0) is 9.53 Å². The maximum atomic E-state index is 11.6. The third kappa shape index (κ3) is 5.98. The quantitative estimate of drug-likeness (QED) is 0.233. The predicted molar refractivity (Wildman–Crippen MR) is 141 cm³/mol. The minimum Gasteiger partial charge on any atom is -0.437 e. The number of aromatic nitrogens is 2. The van der Waals surface area contributed by atoms with Gasteiger partial charge in [-0.25, -0.2) is 9.29 Å². The number of anilines is 3. The summed E-state index contributed by atoms with van der Waals surface area (Å²) in [7, 11) is 0. The highest BCUT2D eigenvalue weighted by Gasteiger charge is 2.14. The lowest BCUT2D eigenvalue weighted by Crippen LogP contribution is -2.30. The molecule has 1 saturated heterocycles. The summed E-state index contributed by atoms with van der Waals surface area (Å²) in [5.41, 5.74) is 2.28. The number of amides is 1. The van der Waals surface area contributed by atoms with E-state index < -0.39 is 0 Å². The Kier molecular flexibility index (Phi) is 7.24. The molecule has 1 fully saturated rings. The van der Waals surface area contributed by atoms with Crippen molar-refractivity contribution in [2.24, 2.45) is 0 Å². The van der Waals surface area contributed by atoms with E-state index in [1.165, 1.54) is 22.3 Å². The Morgan fingerprint density at radius 1 is 1.11 bits per heavy atom. The molecule has 0 atom stereocenters. The van der Waals surface area contributed by atoms with Crippen LogP contribution in [0.5, 0.6) is 11.6 Å². The van der Waals surface area contributed by atoms with Crippen LogP contribution in [0.3, 0.4) is 0 Å². The topological polar surface area (TPSA) is 88.6 Å². The van der Waals surface area contributed by atoms with Crippen molar-refractivity contribution in [3.63, 3.8) is 0 Å². The monoisotopic (exact) mass is 505 g/mol. The second-order valence-corrected chi connectivity index (χ2v) is 9.68. The minimum atomic E-state index is -0.286. The van der Waals surface area contributed by atoms with Crippen LogP contribution in [0.2, 0.25) is 0 Å². The molecule has 1 amide bonds. The van der Waals surface area contributed by atoms with Crippen molar-refractivity contribution >= 4 is 56.7 Å². The van der Waals surface area contributed by atoms with E-state index in [1.807, 2.05) is 29.6 Å². The number of carbonyl (C=O) groups excluding carboxylic acids is 1. The zero-order valence-corrected chi connectivity index (χ0v) is 20.4. The molecular weight excluding hydrogens is 482 g/mol. The third-order valence-electron chi connectivity index (χ3n) is 5.09. The maximum absolute atomic E-state index is 11.6. The highest BCUT2D eigenvalue weighted by atomic mass is 32.2. The third-order valence-corrected chi connectivity index (χ3v) is 7.09. The van der Waals surface area contributed by atoms with Gasteiger partial charge in [0.15, 0.2) is 0 Å². The molecule has 2 N–H and O–H groups in total. The summed E-state index contributed by atoms with van der Waals surface area (Å²) in [5, 5.41) is 7.97. The average molecular weight is 506 g/mol. The van der Waals surface area contributed by atoms with Gasteiger partial charge in [0.05, 0.1) is 18.7 Å². The van der Waals surface area contributed by atoms with Crippen molar-refractivity contribution < 1.29 is 14.3 Å². The average Bonchev–Trinajstić information content (AvgIpc) is 3.35. The molecule has 1 aliphatic rings. The van der Waals surface area contributed by atoms with Crippen LogP contribution in [-0.4, -0.2) is 46.5 Å². The fourth-order valence-corrected chi connectivity index (χ4v) is 5.06. The second kappa shape index (κ2) is 10.9. The summed E-state index contributed by atoms with van der Waals surface area (Å²) in [6, 6.07) is 17.2. The van der Waals surface area contributed by atoms with Gasteiger partial charge in [0.2, 0.25) is 17.7 Å². The molecule has 5 rings (SSSR count). The van der Waals surface area contributed by atoms with Gasteiger partial charge in [0.1, 0.15) is 10.4 Å². The Labute approximate surface area is 211 Å². The molecular formula is C25H23N5O3S2. The van der Waals surface area contributed by atoms with Gasteiger partial charge in [-0.05, 0) is 65.9 Å². The molecule has 3 heterocycles. The second-order valence-electron chi connectivity index (χ2n) is 7.59. The Morgan fingerprint density at radius 2 is 1.94 bits per heavy atom. The lowest BCUT2D eigenvalue weighted by molar-refractivity contribution is -0.111. The first kappa shape index (κ1) is 23.3. The smallest absolute Gasteiger partial charge is 0.247 e. The Bertz CT molecular complexity index is 1340. The van der Waals surface area contributed by atoms with Crippen LogP contribution in [0, 0.1) is 0 Å². The van der Waals surface area contributed by atoms with E-state index in [9.17, 15) is 4.79 Å². The molecule has 0 spiro atoms. The van der Waals surface area contributed by atoms with E-state index in [-0.39, 0.29) is 5.91 Å². The van der Waals surface area contributed by atoms with Gasteiger partial charge >= 0.3 is 0 Å². The normalized spacial score (nSPS) is 13.9. The molecule has 178 valence electrons. The maximum Gasteiger partial charge on any atom is 0.247 e. The number of morpholine rings is 1. The van der Waals surface area contributed by atoms with Crippen molar-refractivity contribution in [2.75, 3.05) is 36.9 Å². The molecule has 0 radical (unpaired) electrons. The SMILES string of the molecule is C=CC(=O)Nc1cccc(Oc2nc(Nc3ccc(SN4CCOCC4)cc3)nc3ccsc23)c1. The lowest BCUT2D eigenvalue weighted by Gasteiger charge is -2.25. The number of benzene rings is 2. The molecule has 0 saturated carbocycles. The summed E-state index contributed by atoms with van der Waals surface area (Å²) in [4.78, 5) is 22.0. The minimum absolute atomic E-state index is 0.286. The standard InChI is InChI=1S/C25H23N5O3S2/c1-2-22(31)26-18-4-3-5-19(16-18)33-24-23-21(10-15-34-23)28-25(29-24)27-17-6-8-20(9-7-17)35-30-11-13-32-14-12-30/h2-10,15-16H,1,11-14H2,(H,26,31)(H,27,28,29). The van der Waals surface area contributed by atoms with E-state index in [4.69, 9.17) is 9.47 Å². The number of nitrogens with zero attached hydrogens (tertiary/aromatic N) is 3. The fraction of sp³-hybridized carbons (Fsp3) is 0.160. The summed E-state index contributed by atoms with van der Waals surface area (Å²) >= 11 is 3.24. The van der Waals surface area contributed by atoms with Gasteiger partial charge in [-0.15, -0.1) is 11.3 Å². The molecule has 35 heavy (non-hydrogen) atoms. The molecule has 0 aliphatic carbocycles. The molecule has 0 bridgehead atoms. The molecule has 8 nitrogen and oxygen atoms in total. The number of fused-ring (bicyclic) bond motifs is 1. The van der Waals surface area contributed by atoms with Crippen molar-refractivity contribution in [2.45, 2.75) is 4.90 Å². The van der Waals surface area contributed by atoms with Crippen molar-refractivity contribution in [1.29, 1.82) is 0 Å². The number of hydrogen-bond acceptors (Lipinski definition) is 9. The number of ether oxygens (including phenoxy) is 2. The van der Waals surface area contributed by atoms with Crippen molar-refractivity contribution in [3.8, 4) is 11.6 Å². The van der Waals surface area contributed by atoms with Crippen LogP contribution >= 0.6 is 23.3 Å². The van der Waals surface area contributed by atoms with Crippen LogP contribution in [0.1, 0.15) is 0 Å². The van der Waals surface area contributed by atoms with Gasteiger partial charge in [0, 0.05) is 35.4 Å². The lowest BCUT2D eigenvalue weighted by atomic mass is 10.3. The number of carbonyl (C=O) groups is 1. The summed E-state index contributed by atoms with van der Waals surface area (Å²) in [5.74, 6) is 1.15. The van der Waals surface area contributed by atoms with Gasteiger partial charge in [0.25, 0.3) is 0 Å². The number of hydrogen-bond donors (Lipinski definition) is 2. The summed E-state index contributed by atoms with van der Waals surface area (Å²) in [6.45, 7) is 6.86.